The fraction of sp³-hybridized carbons (Fsp3) is 0.312. The number of amides is 1. The maximum absolute atomic E-state index is 13.1. The molecule has 0 aliphatic rings. The van der Waals surface area contributed by atoms with E-state index in [1.165, 1.54) is 25.0 Å². The second-order valence-electron chi connectivity index (χ2n) is 5.26. The van der Waals surface area contributed by atoms with Gasteiger partial charge in [-0.1, -0.05) is 6.92 Å². The average molecular weight is 402 g/mol. The number of anilines is 2. The Labute approximate surface area is 156 Å². The van der Waals surface area contributed by atoms with Crippen LogP contribution in [0, 0.1) is 0 Å². The molecule has 1 amide bonds. The predicted molar refractivity (Wildman–Crippen MR) is 96.0 cm³/mol. The third-order valence-corrected chi connectivity index (χ3v) is 4.49. The lowest BCUT2D eigenvalue weighted by Gasteiger charge is -2.22. The smallest absolute Gasteiger partial charge is 0.413 e. The minimum atomic E-state index is -4.86. The van der Waals surface area contributed by atoms with E-state index in [1.807, 2.05) is 6.92 Å². The Kier molecular flexibility index (Phi) is 6.04. The molecule has 146 valence electrons. The van der Waals surface area contributed by atoms with E-state index in [4.69, 9.17) is 5.73 Å². The highest BCUT2D eigenvalue weighted by Gasteiger charge is 2.38. The van der Waals surface area contributed by atoms with Crippen molar-refractivity contribution in [2.24, 2.45) is 0 Å². The summed E-state index contributed by atoms with van der Waals surface area (Å²) >= 11 is 1.37. The van der Waals surface area contributed by atoms with Crippen LogP contribution in [0.2, 0.25) is 0 Å². The fourth-order valence-corrected chi connectivity index (χ4v) is 3.16. The van der Waals surface area contributed by atoms with E-state index in [2.05, 4.69) is 9.82 Å². The molecule has 0 saturated carbocycles. The number of rotatable bonds is 5. The fourth-order valence-electron chi connectivity index (χ4n) is 2.40. The van der Waals surface area contributed by atoms with Gasteiger partial charge in [0, 0.05) is 18.1 Å². The van der Waals surface area contributed by atoms with E-state index < -0.39 is 34.7 Å². The van der Waals surface area contributed by atoms with Gasteiger partial charge in [0.1, 0.15) is 18.5 Å². The summed E-state index contributed by atoms with van der Waals surface area (Å²) in [6, 6.07) is 3.88. The van der Waals surface area contributed by atoms with Crippen molar-refractivity contribution >= 4 is 29.0 Å². The number of nitrogens with zero attached hydrogens (tertiary/aromatic N) is 3. The number of halogens is 3. The number of alkyl halides is 3. The maximum Gasteiger partial charge on any atom is 0.435 e. The first kappa shape index (κ1) is 20.6. The molecule has 2 aromatic rings. The molecule has 2 rings (SSSR count). The number of hydrogen-bond donors (Lipinski definition) is 1. The Balaban J connectivity index is 2.59. The number of carbonyl (C=O) groups is 1. The van der Waals surface area contributed by atoms with Gasteiger partial charge in [0.25, 0.3) is 5.91 Å². The topological polar surface area (TPSA) is 90.5 Å². The van der Waals surface area contributed by atoms with Crippen LogP contribution in [0.5, 0.6) is 0 Å². The Morgan fingerprint density at radius 1 is 1.44 bits per heavy atom. The maximum atomic E-state index is 13.1. The summed E-state index contributed by atoms with van der Waals surface area (Å²) in [7, 11) is 2.14. The first-order chi connectivity index (χ1) is 12.6. The summed E-state index contributed by atoms with van der Waals surface area (Å²) in [5, 5.41) is 0. The van der Waals surface area contributed by atoms with Crippen LogP contribution >= 0.6 is 11.8 Å². The molecule has 2 N–H and O–H groups in total. The van der Waals surface area contributed by atoms with Crippen LogP contribution in [0.1, 0.15) is 23.1 Å². The van der Waals surface area contributed by atoms with Crippen LogP contribution in [-0.2, 0) is 6.18 Å². The molecule has 7 nitrogen and oxygen atoms in total. The van der Waals surface area contributed by atoms with Crippen molar-refractivity contribution in [2.75, 3.05) is 30.5 Å². The molecule has 2 heterocycles. The van der Waals surface area contributed by atoms with Crippen molar-refractivity contribution in [3.05, 3.63) is 46.1 Å². The van der Waals surface area contributed by atoms with Gasteiger partial charge in [0.2, 0.25) is 0 Å². The minimum Gasteiger partial charge on any atom is -0.413 e. The third kappa shape index (κ3) is 4.02. The van der Waals surface area contributed by atoms with E-state index in [-0.39, 0.29) is 10.4 Å². The van der Waals surface area contributed by atoms with Crippen molar-refractivity contribution in [2.45, 2.75) is 18.0 Å². The number of pyridine rings is 2. The Hall–Kier alpha value is -2.69. The van der Waals surface area contributed by atoms with Crippen LogP contribution in [-0.4, -0.2) is 35.5 Å². The predicted octanol–water partition coefficient (Wildman–Crippen LogP) is 2.29. The van der Waals surface area contributed by atoms with Crippen molar-refractivity contribution in [3.63, 3.8) is 0 Å². The lowest BCUT2D eigenvalue weighted by atomic mass is 10.2. The molecule has 0 spiro atoms. The number of nitrogen functional groups attached to an aromatic ring is 1. The number of thioether (sulfide) groups is 1. The van der Waals surface area contributed by atoms with Crippen LogP contribution in [0.15, 0.2) is 34.1 Å². The number of aromatic nitrogens is 2. The van der Waals surface area contributed by atoms with Crippen molar-refractivity contribution in [1.29, 1.82) is 0 Å². The SMILES string of the molecule is CCSc1cccnc1C(=O)N(C)c1c(N)cc(C(F)(F)F)n(OC)c1=O. The Bertz CT molecular complexity index is 915. The molecule has 0 bridgehead atoms. The van der Waals surface area contributed by atoms with E-state index in [0.29, 0.717) is 16.7 Å². The highest BCUT2D eigenvalue weighted by atomic mass is 32.2. The lowest BCUT2D eigenvalue weighted by molar-refractivity contribution is -0.151. The molecular formula is C16H17F3N4O3S. The molecule has 0 aliphatic heterocycles. The van der Waals surface area contributed by atoms with E-state index in [1.54, 1.807) is 12.1 Å². The van der Waals surface area contributed by atoms with Gasteiger partial charge in [-0.15, -0.1) is 16.5 Å². The van der Waals surface area contributed by atoms with Gasteiger partial charge in [0.05, 0.1) is 5.69 Å². The average Bonchev–Trinajstić information content (AvgIpc) is 2.60. The Morgan fingerprint density at radius 2 is 2.11 bits per heavy atom. The van der Waals surface area contributed by atoms with Crippen molar-refractivity contribution in [3.8, 4) is 0 Å². The second kappa shape index (κ2) is 7.91. The molecule has 11 heteroatoms. The summed E-state index contributed by atoms with van der Waals surface area (Å²) in [5.41, 5.74) is 2.21. The van der Waals surface area contributed by atoms with Gasteiger partial charge in [-0.25, -0.2) is 4.98 Å². The summed E-state index contributed by atoms with van der Waals surface area (Å²) in [5.74, 6) is -0.00744. The number of hydrogen-bond acceptors (Lipinski definition) is 6. The van der Waals surface area contributed by atoms with E-state index in [9.17, 15) is 22.8 Å². The minimum absolute atomic E-state index is 0.0512. The lowest BCUT2D eigenvalue weighted by Crippen LogP contribution is -2.39. The van der Waals surface area contributed by atoms with Crippen molar-refractivity contribution in [1.82, 2.24) is 9.71 Å². The standard InChI is InChI=1S/C16H17F3N4O3S/c1-4-27-10-6-5-7-21-12(10)14(24)22(2)13-9(20)8-11(16(17,18)19)23(26-3)15(13)25/h5-8H,4,20H2,1-3H3. The molecule has 0 radical (unpaired) electrons. The zero-order chi connectivity index (χ0) is 20.4. The van der Waals surface area contributed by atoms with Gasteiger partial charge >= 0.3 is 11.7 Å². The summed E-state index contributed by atoms with van der Waals surface area (Å²) in [6.07, 6.45) is -3.46. The van der Waals surface area contributed by atoms with Gasteiger partial charge in [-0.3, -0.25) is 9.59 Å². The molecule has 0 aliphatic carbocycles. The summed E-state index contributed by atoms with van der Waals surface area (Å²) in [4.78, 5) is 35.4. The van der Waals surface area contributed by atoms with Gasteiger partial charge in [-0.2, -0.15) is 13.2 Å². The molecular weight excluding hydrogens is 385 g/mol. The first-order valence-electron chi connectivity index (χ1n) is 7.66. The quantitative estimate of drug-likeness (QED) is 0.772. The molecule has 0 aromatic carbocycles. The first-order valence-corrected chi connectivity index (χ1v) is 8.65. The monoisotopic (exact) mass is 402 g/mol. The van der Waals surface area contributed by atoms with Gasteiger partial charge < -0.3 is 15.5 Å². The largest absolute Gasteiger partial charge is 0.435 e. The van der Waals surface area contributed by atoms with Crippen molar-refractivity contribution < 1.29 is 22.8 Å². The Morgan fingerprint density at radius 3 is 2.67 bits per heavy atom. The third-order valence-electron chi connectivity index (χ3n) is 3.56. The van der Waals surface area contributed by atoms with Gasteiger partial charge in [0.15, 0.2) is 5.69 Å². The molecule has 2 aromatic heterocycles. The molecule has 0 fully saturated rings. The van der Waals surface area contributed by atoms with Gasteiger partial charge in [-0.05, 0) is 24.0 Å². The van der Waals surface area contributed by atoms with Crippen LogP contribution in [0.4, 0.5) is 24.5 Å². The van der Waals surface area contributed by atoms with E-state index >= 15 is 0 Å². The van der Waals surface area contributed by atoms with Crippen LogP contribution in [0.3, 0.4) is 0 Å². The van der Waals surface area contributed by atoms with E-state index in [0.717, 1.165) is 12.0 Å². The number of carbonyl (C=O) groups excluding carboxylic acids is 1. The summed E-state index contributed by atoms with van der Waals surface area (Å²) < 4.78 is 39.4. The zero-order valence-electron chi connectivity index (χ0n) is 14.7. The van der Waals surface area contributed by atoms with Crippen LogP contribution < -0.4 is 21.0 Å². The van der Waals surface area contributed by atoms with Crippen LogP contribution in [0.25, 0.3) is 0 Å². The molecule has 0 saturated heterocycles. The normalized spacial score (nSPS) is 11.3. The number of nitrogens with two attached hydrogens (primary N) is 1. The zero-order valence-corrected chi connectivity index (χ0v) is 15.5. The second-order valence-corrected chi connectivity index (χ2v) is 6.57. The summed E-state index contributed by atoms with van der Waals surface area (Å²) in [6.45, 7) is 1.89. The highest BCUT2D eigenvalue weighted by molar-refractivity contribution is 7.99. The molecule has 0 unspecified atom stereocenters. The highest BCUT2D eigenvalue weighted by Crippen LogP contribution is 2.32. The molecule has 27 heavy (non-hydrogen) atoms. The molecule has 0 atom stereocenters.